The Kier molecular flexibility index (Phi) is 9.87. The van der Waals surface area contributed by atoms with Gasteiger partial charge in [0.25, 0.3) is 5.91 Å². The number of nitrogens with two attached hydrogens (primary N) is 1. The summed E-state index contributed by atoms with van der Waals surface area (Å²) < 4.78 is 11.2. The monoisotopic (exact) mass is 433 g/mol. The maximum atomic E-state index is 12.9. The van der Waals surface area contributed by atoms with E-state index in [4.69, 9.17) is 15.2 Å². The third-order valence-electron chi connectivity index (χ3n) is 4.43. The minimum atomic E-state index is -0.000462. The number of rotatable bonds is 6. The van der Waals surface area contributed by atoms with Gasteiger partial charge in [0.05, 0.1) is 18.3 Å². The number of methoxy groups -OCH3 is 1. The number of hydrogen-bond donors (Lipinski definition) is 1. The topological polar surface area (TPSA) is 77.7 Å². The van der Waals surface area contributed by atoms with Crippen molar-refractivity contribution in [1.82, 2.24) is 9.88 Å². The van der Waals surface area contributed by atoms with Crippen molar-refractivity contribution in [2.45, 2.75) is 31.9 Å². The molecule has 0 saturated carbocycles. The molecule has 0 radical (unpaired) electrons. The van der Waals surface area contributed by atoms with Crippen LogP contribution in [0.2, 0.25) is 0 Å². The zero-order valence-electron chi connectivity index (χ0n) is 15.1. The number of aromatic nitrogens is 1. The standard InChI is InChI=1S/C18H23N3O3S.2ClH/c1-23-17-8-13(18(22)21-7-3-2-4-15(21)9-19)5-6-16(17)24-10-14-11-25-12-20-14;;/h5-6,8,11-12,15H,2-4,7,9-10,19H2,1H3;2*1H. The molecule has 2 aromatic rings. The van der Waals surface area contributed by atoms with E-state index in [0.717, 1.165) is 31.5 Å². The first-order chi connectivity index (χ1) is 12.2. The van der Waals surface area contributed by atoms with Crippen LogP contribution in [0.4, 0.5) is 0 Å². The smallest absolute Gasteiger partial charge is 0.254 e. The fraction of sp³-hybridized carbons (Fsp3) is 0.444. The molecular formula is C18H25Cl2N3O3S. The minimum absolute atomic E-state index is 0. The number of benzene rings is 1. The molecule has 1 atom stereocenters. The van der Waals surface area contributed by atoms with Crippen LogP contribution < -0.4 is 15.2 Å². The lowest BCUT2D eigenvalue weighted by molar-refractivity contribution is 0.0623. The maximum absolute atomic E-state index is 12.9. The summed E-state index contributed by atoms with van der Waals surface area (Å²) in [5, 5.41) is 1.94. The quantitative estimate of drug-likeness (QED) is 0.753. The highest BCUT2D eigenvalue weighted by Crippen LogP contribution is 2.30. The molecule has 150 valence electrons. The van der Waals surface area contributed by atoms with Crippen LogP contribution in [-0.4, -0.2) is 42.0 Å². The second kappa shape index (κ2) is 11.3. The number of amides is 1. The molecule has 1 amide bonds. The SMILES string of the molecule is COc1cc(C(=O)N2CCCCC2CN)ccc1OCc1cscn1.Cl.Cl. The second-order valence-electron chi connectivity index (χ2n) is 6.02. The van der Waals surface area contributed by atoms with E-state index in [-0.39, 0.29) is 36.8 Å². The van der Waals surface area contributed by atoms with Crippen molar-refractivity contribution in [3.8, 4) is 11.5 Å². The largest absolute Gasteiger partial charge is 0.493 e. The minimum Gasteiger partial charge on any atom is -0.493 e. The van der Waals surface area contributed by atoms with E-state index >= 15 is 0 Å². The van der Waals surface area contributed by atoms with Crippen molar-refractivity contribution >= 4 is 42.1 Å². The van der Waals surface area contributed by atoms with Crippen LogP contribution in [0.3, 0.4) is 0 Å². The van der Waals surface area contributed by atoms with Crippen LogP contribution in [0.25, 0.3) is 0 Å². The van der Waals surface area contributed by atoms with E-state index in [1.165, 1.54) is 11.3 Å². The first-order valence-electron chi connectivity index (χ1n) is 8.42. The molecule has 6 nitrogen and oxygen atoms in total. The predicted molar refractivity (Wildman–Crippen MR) is 112 cm³/mol. The lowest BCUT2D eigenvalue weighted by Crippen LogP contribution is -2.47. The Morgan fingerprint density at radius 3 is 2.81 bits per heavy atom. The average Bonchev–Trinajstić information content (AvgIpc) is 3.19. The molecule has 0 spiro atoms. The van der Waals surface area contributed by atoms with E-state index in [2.05, 4.69) is 4.98 Å². The molecule has 27 heavy (non-hydrogen) atoms. The van der Waals surface area contributed by atoms with Crippen LogP contribution in [0.1, 0.15) is 35.3 Å². The van der Waals surface area contributed by atoms with Crippen LogP contribution in [0.5, 0.6) is 11.5 Å². The van der Waals surface area contributed by atoms with Crippen LogP contribution in [-0.2, 0) is 6.61 Å². The Hall–Kier alpha value is -1.54. The summed E-state index contributed by atoms with van der Waals surface area (Å²) in [7, 11) is 1.57. The maximum Gasteiger partial charge on any atom is 0.254 e. The molecule has 1 saturated heterocycles. The summed E-state index contributed by atoms with van der Waals surface area (Å²) in [6, 6.07) is 5.41. The number of ether oxygens (including phenoxy) is 2. The molecule has 0 bridgehead atoms. The lowest BCUT2D eigenvalue weighted by Gasteiger charge is -2.35. The third kappa shape index (κ3) is 5.72. The van der Waals surface area contributed by atoms with E-state index in [0.29, 0.717) is 30.2 Å². The second-order valence-corrected chi connectivity index (χ2v) is 6.74. The van der Waals surface area contributed by atoms with Crippen LogP contribution >= 0.6 is 36.2 Å². The summed E-state index contributed by atoms with van der Waals surface area (Å²) in [5.74, 6) is 1.14. The number of carbonyl (C=O) groups excluding carboxylic acids is 1. The van der Waals surface area contributed by atoms with Crippen molar-refractivity contribution in [2.75, 3.05) is 20.2 Å². The van der Waals surface area contributed by atoms with Gasteiger partial charge >= 0.3 is 0 Å². The van der Waals surface area contributed by atoms with Gasteiger partial charge < -0.3 is 20.1 Å². The van der Waals surface area contributed by atoms with Gasteiger partial charge in [-0.15, -0.1) is 36.2 Å². The number of hydrogen-bond acceptors (Lipinski definition) is 6. The number of nitrogens with zero attached hydrogens (tertiary/aromatic N) is 2. The van der Waals surface area contributed by atoms with Gasteiger partial charge in [0.2, 0.25) is 0 Å². The molecule has 9 heteroatoms. The summed E-state index contributed by atoms with van der Waals surface area (Å²) in [5.41, 5.74) is 9.06. The molecule has 1 aliphatic rings. The zero-order chi connectivity index (χ0) is 17.6. The molecule has 1 unspecified atom stereocenters. The van der Waals surface area contributed by atoms with E-state index in [1.807, 2.05) is 10.3 Å². The molecule has 0 aliphatic carbocycles. The number of carbonyl (C=O) groups is 1. The van der Waals surface area contributed by atoms with E-state index < -0.39 is 0 Å². The summed E-state index contributed by atoms with van der Waals surface area (Å²) in [6.07, 6.45) is 3.11. The average molecular weight is 434 g/mol. The van der Waals surface area contributed by atoms with Gasteiger partial charge in [0, 0.05) is 30.1 Å². The van der Waals surface area contributed by atoms with Gasteiger partial charge in [-0.05, 0) is 37.5 Å². The molecule has 1 aromatic heterocycles. The lowest BCUT2D eigenvalue weighted by atomic mass is 10.0. The van der Waals surface area contributed by atoms with Crippen molar-refractivity contribution in [3.63, 3.8) is 0 Å². The van der Waals surface area contributed by atoms with E-state index in [1.54, 1.807) is 30.8 Å². The fourth-order valence-corrected chi connectivity index (χ4v) is 3.60. The van der Waals surface area contributed by atoms with Gasteiger partial charge in [-0.3, -0.25) is 4.79 Å². The number of halogens is 2. The third-order valence-corrected chi connectivity index (χ3v) is 5.06. The first-order valence-corrected chi connectivity index (χ1v) is 9.36. The summed E-state index contributed by atoms with van der Waals surface area (Å²) in [6.45, 7) is 1.62. The van der Waals surface area contributed by atoms with Gasteiger partial charge in [-0.1, -0.05) is 0 Å². The highest BCUT2D eigenvalue weighted by atomic mass is 35.5. The molecule has 2 heterocycles. The molecule has 2 N–H and O–H groups in total. The van der Waals surface area contributed by atoms with Gasteiger partial charge in [-0.2, -0.15) is 0 Å². The Labute approximate surface area is 175 Å². The normalized spacial score (nSPS) is 16.1. The van der Waals surface area contributed by atoms with Crippen LogP contribution in [0.15, 0.2) is 29.1 Å². The number of piperidine rings is 1. The summed E-state index contributed by atoms with van der Waals surface area (Å²) >= 11 is 1.53. The molecule has 1 aliphatic heterocycles. The predicted octanol–water partition coefficient (Wildman–Crippen LogP) is 3.53. The first kappa shape index (κ1) is 23.5. The highest BCUT2D eigenvalue weighted by Gasteiger charge is 2.27. The van der Waals surface area contributed by atoms with E-state index in [9.17, 15) is 4.79 Å². The Morgan fingerprint density at radius 1 is 1.33 bits per heavy atom. The Bertz CT molecular complexity index is 716. The van der Waals surface area contributed by atoms with Crippen molar-refractivity contribution in [1.29, 1.82) is 0 Å². The van der Waals surface area contributed by atoms with Crippen molar-refractivity contribution in [2.24, 2.45) is 5.73 Å². The Morgan fingerprint density at radius 2 is 2.15 bits per heavy atom. The van der Waals surface area contributed by atoms with Crippen LogP contribution in [0, 0.1) is 0 Å². The number of thiazole rings is 1. The fourth-order valence-electron chi connectivity index (χ4n) is 3.06. The summed E-state index contributed by atoms with van der Waals surface area (Å²) in [4.78, 5) is 18.9. The molecule has 1 aromatic carbocycles. The molecule has 3 rings (SSSR count). The number of likely N-dealkylation sites (tertiary alicyclic amines) is 1. The van der Waals surface area contributed by atoms with Crippen molar-refractivity contribution in [3.05, 3.63) is 40.3 Å². The van der Waals surface area contributed by atoms with Gasteiger partial charge in [0.15, 0.2) is 11.5 Å². The van der Waals surface area contributed by atoms with Gasteiger partial charge in [-0.25, -0.2) is 4.98 Å². The highest BCUT2D eigenvalue weighted by molar-refractivity contribution is 7.07. The Balaban J connectivity index is 0.00000182. The molecule has 1 fully saturated rings. The molecular weight excluding hydrogens is 409 g/mol. The zero-order valence-corrected chi connectivity index (χ0v) is 17.6. The van der Waals surface area contributed by atoms with Crippen molar-refractivity contribution < 1.29 is 14.3 Å². The van der Waals surface area contributed by atoms with Gasteiger partial charge in [0.1, 0.15) is 6.61 Å².